The Balaban J connectivity index is 1.93. The Bertz CT molecular complexity index is 1260. The minimum Gasteiger partial charge on any atom is -0.493 e. The Kier molecular flexibility index (Phi) is 10.2. The number of rotatable bonds is 13. The van der Waals surface area contributed by atoms with Gasteiger partial charge in [0.05, 0.1) is 12.2 Å². The lowest BCUT2D eigenvalue weighted by Crippen LogP contribution is -2.28. The Morgan fingerprint density at radius 1 is 0.921 bits per heavy atom. The van der Waals surface area contributed by atoms with Gasteiger partial charge in [-0.25, -0.2) is 0 Å². The largest absolute Gasteiger partial charge is 0.493 e. The topological polar surface area (TPSA) is 87.1 Å². The fourth-order valence-electron chi connectivity index (χ4n) is 4.15. The van der Waals surface area contributed by atoms with Gasteiger partial charge in [-0.15, -0.1) is 0 Å². The van der Waals surface area contributed by atoms with E-state index in [1.165, 1.54) is 43.3 Å². The van der Waals surface area contributed by atoms with E-state index < -0.39 is 24.7 Å². The van der Waals surface area contributed by atoms with Gasteiger partial charge in [-0.05, 0) is 35.7 Å². The maximum atomic E-state index is 14.4. The highest BCUT2D eigenvalue weighted by molar-refractivity contribution is 7.52. The first-order valence-corrected chi connectivity index (χ1v) is 14.3. The molecule has 0 spiro atoms. The van der Waals surface area contributed by atoms with E-state index in [1.54, 1.807) is 18.2 Å². The summed E-state index contributed by atoms with van der Waals surface area (Å²) >= 11 is 0. The van der Waals surface area contributed by atoms with Crippen LogP contribution in [0.15, 0.2) is 72.8 Å². The second-order valence-corrected chi connectivity index (χ2v) is 10.8. The van der Waals surface area contributed by atoms with Crippen molar-refractivity contribution in [1.29, 1.82) is 0 Å². The molecule has 1 amide bonds. The molecule has 0 aromatic heterocycles. The van der Waals surface area contributed by atoms with Crippen molar-refractivity contribution in [2.45, 2.75) is 51.1 Å². The van der Waals surface area contributed by atoms with Crippen molar-refractivity contribution in [1.82, 2.24) is 0 Å². The van der Waals surface area contributed by atoms with Crippen LogP contribution < -0.4 is 9.64 Å². The van der Waals surface area contributed by atoms with Gasteiger partial charge in [0.2, 0.25) is 0 Å². The Morgan fingerprint density at radius 3 is 2.26 bits per heavy atom. The molecule has 3 aromatic carbocycles. The second kappa shape index (κ2) is 13.1. The summed E-state index contributed by atoms with van der Waals surface area (Å²) in [7, 11) is -4.33. The van der Waals surface area contributed by atoms with Crippen molar-refractivity contribution in [2.24, 2.45) is 0 Å². The van der Waals surface area contributed by atoms with Gasteiger partial charge in [0.15, 0.2) is 0 Å². The van der Waals surface area contributed by atoms with E-state index in [1.807, 2.05) is 30.3 Å². The first kappa shape index (κ1) is 29.5. The van der Waals surface area contributed by atoms with E-state index in [9.17, 15) is 18.1 Å². The molecule has 0 saturated carbocycles. The number of nitrogens with zero attached hydrogens (tertiary/aromatic N) is 1. The first-order chi connectivity index (χ1) is 18.1. The SMILES string of the molecule is CCCCCCCCOc1cccc(-c2ccccc2)c1C(=O)N(C)c1cccc(C(F)(F)P(=O)(O)O)c1. The summed E-state index contributed by atoms with van der Waals surface area (Å²) in [5, 5.41) is 0. The predicted molar refractivity (Wildman–Crippen MR) is 146 cm³/mol. The first-order valence-electron chi connectivity index (χ1n) is 12.7. The zero-order valence-corrected chi connectivity index (χ0v) is 22.5. The maximum absolute atomic E-state index is 14.4. The number of anilines is 1. The minimum absolute atomic E-state index is 0.0605. The fraction of sp³-hybridized carbons (Fsp3) is 0.345. The lowest BCUT2D eigenvalue weighted by molar-refractivity contribution is 0.0564. The van der Waals surface area contributed by atoms with Crippen LogP contribution in [0.5, 0.6) is 5.75 Å². The predicted octanol–water partition coefficient (Wildman–Crippen LogP) is 7.60. The Labute approximate surface area is 222 Å². The number of carbonyl (C=O) groups excluding carboxylic acids is 1. The zero-order chi connectivity index (χ0) is 27.8. The molecule has 0 radical (unpaired) electrons. The van der Waals surface area contributed by atoms with Crippen LogP contribution in [0.3, 0.4) is 0 Å². The zero-order valence-electron chi connectivity index (χ0n) is 21.6. The van der Waals surface area contributed by atoms with Crippen LogP contribution in [0, 0.1) is 0 Å². The summed E-state index contributed by atoms with van der Waals surface area (Å²) in [6.07, 6.45) is 6.51. The van der Waals surface area contributed by atoms with Gasteiger partial charge in [-0.3, -0.25) is 9.36 Å². The molecule has 0 saturated heterocycles. The van der Waals surface area contributed by atoms with Gasteiger partial charge in [0, 0.05) is 18.3 Å². The minimum atomic E-state index is -5.76. The van der Waals surface area contributed by atoms with Crippen LogP contribution in [0.25, 0.3) is 11.1 Å². The summed E-state index contributed by atoms with van der Waals surface area (Å²) in [5.41, 5.74) is -3.51. The molecule has 0 aliphatic rings. The molecular weight excluding hydrogens is 511 g/mol. The number of unbranched alkanes of at least 4 members (excludes halogenated alkanes) is 5. The third-order valence-electron chi connectivity index (χ3n) is 6.33. The lowest BCUT2D eigenvalue weighted by Gasteiger charge is -2.24. The molecule has 3 aromatic rings. The number of hydrogen-bond acceptors (Lipinski definition) is 3. The van der Waals surface area contributed by atoms with Crippen molar-refractivity contribution in [3.05, 3.63) is 83.9 Å². The number of hydrogen-bond donors (Lipinski definition) is 2. The molecule has 9 heteroatoms. The summed E-state index contributed by atoms with van der Waals surface area (Å²) in [6, 6.07) is 19.1. The van der Waals surface area contributed by atoms with Crippen molar-refractivity contribution in [2.75, 3.05) is 18.6 Å². The normalized spacial score (nSPS) is 11.8. The molecule has 0 heterocycles. The van der Waals surface area contributed by atoms with E-state index in [2.05, 4.69) is 6.92 Å². The molecule has 6 nitrogen and oxygen atoms in total. The fourth-order valence-corrected chi connectivity index (χ4v) is 4.63. The summed E-state index contributed by atoms with van der Waals surface area (Å²) < 4.78 is 46.2. The molecule has 0 bridgehead atoms. The third-order valence-corrected chi connectivity index (χ3v) is 7.32. The lowest BCUT2D eigenvalue weighted by atomic mass is 9.97. The molecule has 0 atom stereocenters. The molecular formula is C29H34F2NO5P. The highest BCUT2D eigenvalue weighted by Gasteiger charge is 2.50. The molecule has 38 heavy (non-hydrogen) atoms. The highest BCUT2D eigenvalue weighted by Crippen LogP contribution is 2.59. The van der Waals surface area contributed by atoms with Crippen LogP contribution in [0.2, 0.25) is 0 Å². The number of amides is 1. The molecule has 2 N–H and O–H groups in total. The molecule has 3 rings (SSSR count). The van der Waals surface area contributed by atoms with Gasteiger partial charge in [-0.1, -0.05) is 93.6 Å². The Morgan fingerprint density at radius 2 is 1.58 bits per heavy atom. The average molecular weight is 546 g/mol. The molecule has 0 aliphatic carbocycles. The van der Waals surface area contributed by atoms with Crippen molar-refractivity contribution < 1.29 is 32.7 Å². The van der Waals surface area contributed by atoms with Crippen LogP contribution in [0.1, 0.15) is 61.4 Å². The third kappa shape index (κ3) is 7.07. The Hall–Kier alpha value is -3.06. The highest BCUT2D eigenvalue weighted by atomic mass is 31.2. The molecule has 204 valence electrons. The van der Waals surface area contributed by atoms with Crippen LogP contribution in [0.4, 0.5) is 14.5 Å². The summed E-state index contributed by atoms with van der Waals surface area (Å²) in [6.45, 7) is 2.59. The van der Waals surface area contributed by atoms with Gasteiger partial charge in [0.25, 0.3) is 5.91 Å². The number of carbonyl (C=O) groups is 1. The number of alkyl halides is 2. The van der Waals surface area contributed by atoms with Crippen LogP contribution in [-0.4, -0.2) is 29.3 Å². The van der Waals surface area contributed by atoms with E-state index >= 15 is 0 Å². The van der Waals surface area contributed by atoms with Gasteiger partial charge < -0.3 is 19.4 Å². The summed E-state index contributed by atoms with van der Waals surface area (Å²) in [5.74, 6) is -0.118. The average Bonchev–Trinajstić information content (AvgIpc) is 2.91. The van der Waals surface area contributed by atoms with Gasteiger partial charge >= 0.3 is 13.3 Å². The van der Waals surface area contributed by atoms with E-state index in [4.69, 9.17) is 14.5 Å². The van der Waals surface area contributed by atoms with Crippen LogP contribution >= 0.6 is 7.60 Å². The standard InChI is InChI=1S/C29H34F2NO5P/c1-3-4-5-6-7-11-20-37-26-19-13-18-25(22-14-9-8-10-15-22)27(26)28(33)32(2)24-17-12-16-23(21-24)29(30,31)38(34,35)36/h8-10,12-19,21H,3-7,11,20H2,1-2H3,(H2,34,35,36). The molecule has 0 fully saturated rings. The summed E-state index contributed by atoms with van der Waals surface area (Å²) in [4.78, 5) is 33.3. The van der Waals surface area contributed by atoms with Gasteiger partial charge in [0.1, 0.15) is 5.75 Å². The van der Waals surface area contributed by atoms with Crippen molar-refractivity contribution in [3.63, 3.8) is 0 Å². The monoisotopic (exact) mass is 545 g/mol. The van der Waals surface area contributed by atoms with Crippen molar-refractivity contribution >= 4 is 19.2 Å². The van der Waals surface area contributed by atoms with E-state index in [-0.39, 0.29) is 11.3 Å². The quantitative estimate of drug-likeness (QED) is 0.171. The van der Waals surface area contributed by atoms with Crippen LogP contribution in [-0.2, 0) is 10.2 Å². The van der Waals surface area contributed by atoms with Gasteiger partial charge in [-0.2, -0.15) is 8.78 Å². The number of benzene rings is 3. The number of halogens is 2. The van der Waals surface area contributed by atoms with E-state index in [0.29, 0.717) is 17.9 Å². The second-order valence-electron chi connectivity index (χ2n) is 9.16. The van der Waals surface area contributed by atoms with Crippen molar-refractivity contribution in [3.8, 4) is 16.9 Å². The van der Waals surface area contributed by atoms with E-state index in [0.717, 1.165) is 37.0 Å². The maximum Gasteiger partial charge on any atom is 0.399 e. The molecule has 0 aliphatic heterocycles. The smallest absolute Gasteiger partial charge is 0.399 e. The number of ether oxygens (including phenoxy) is 1. The molecule has 0 unspecified atom stereocenters.